The van der Waals surface area contributed by atoms with Gasteiger partial charge in [0.15, 0.2) is 0 Å². The highest BCUT2D eigenvalue weighted by molar-refractivity contribution is 7.92. The van der Waals surface area contributed by atoms with Gasteiger partial charge in [-0.1, -0.05) is 24.3 Å². The normalized spacial score (nSPS) is 14.5. The number of anilines is 2. The van der Waals surface area contributed by atoms with E-state index in [1.807, 2.05) is 50.2 Å². The van der Waals surface area contributed by atoms with Gasteiger partial charge in [-0.05, 0) is 44.2 Å². The Bertz CT molecular complexity index is 1540. The fraction of sp³-hybridized carbons (Fsp3) is 0.296. The molecule has 0 bridgehead atoms. The first-order chi connectivity index (χ1) is 18.2. The lowest BCUT2D eigenvalue weighted by atomic mass is 10.00. The number of benzene rings is 2. The van der Waals surface area contributed by atoms with Crippen LogP contribution < -0.4 is 14.4 Å². The molecule has 4 aromatic rings. The van der Waals surface area contributed by atoms with E-state index in [0.29, 0.717) is 11.4 Å². The molecule has 10 nitrogen and oxygen atoms in total. The predicted molar refractivity (Wildman–Crippen MR) is 147 cm³/mol. The van der Waals surface area contributed by atoms with Crippen LogP contribution in [-0.2, 0) is 17.1 Å². The summed E-state index contributed by atoms with van der Waals surface area (Å²) in [4.78, 5) is 13.6. The van der Waals surface area contributed by atoms with Gasteiger partial charge < -0.3 is 14.5 Å². The van der Waals surface area contributed by atoms with Gasteiger partial charge in [0.2, 0.25) is 11.8 Å². The van der Waals surface area contributed by atoms with Gasteiger partial charge in [0.25, 0.3) is 10.0 Å². The van der Waals surface area contributed by atoms with E-state index >= 15 is 0 Å². The number of aromatic nitrogens is 4. The molecule has 0 spiro atoms. The molecule has 38 heavy (non-hydrogen) atoms. The van der Waals surface area contributed by atoms with Gasteiger partial charge in [-0.25, -0.2) is 18.1 Å². The molecule has 3 heterocycles. The minimum absolute atomic E-state index is 0.0171. The van der Waals surface area contributed by atoms with Crippen LogP contribution in [0.25, 0.3) is 11.3 Å². The van der Waals surface area contributed by atoms with Crippen LogP contribution in [0.3, 0.4) is 0 Å². The molecule has 2 aromatic heterocycles. The Labute approximate surface area is 223 Å². The molecule has 0 atom stereocenters. The summed E-state index contributed by atoms with van der Waals surface area (Å²) in [5, 5.41) is 3.96. The van der Waals surface area contributed by atoms with Crippen LogP contribution in [0.4, 0.5) is 11.6 Å². The molecule has 0 amide bonds. The maximum atomic E-state index is 13.0. The summed E-state index contributed by atoms with van der Waals surface area (Å²) in [5.74, 6) is 0.755. The van der Waals surface area contributed by atoms with Crippen LogP contribution in [0, 0.1) is 13.8 Å². The third kappa shape index (κ3) is 5.63. The summed E-state index contributed by atoms with van der Waals surface area (Å²) in [6, 6.07) is 15.5. The molecule has 0 aliphatic carbocycles. The Hall–Kier alpha value is -3.96. The largest absolute Gasteiger partial charge is 0.439 e. The molecule has 5 rings (SSSR count). The zero-order valence-electron chi connectivity index (χ0n) is 21.9. The summed E-state index contributed by atoms with van der Waals surface area (Å²) in [5.41, 5.74) is 4.54. The number of hydrogen-bond donors (Lipinski definition) is 1. The molecule has 1 fully saturated rings. The third-order valence-electron chi connectivity index (χ3n) is 6.57. The van der Waals surface area contributed by atoms with E-state index in [-0.39, 0.29) is 16.7 Å². The van der Waals surface area contributed by atoms with E-state index in [1.165, 1.54) is 17.1 Å². The molecule has 0 saturated carbocycles. The first kappa shape index (κ1) is 25.7. The standard InChI is InChI=1S/C27H31N7O3S/c1-19-7-5-8-20(2)26(19)24-16-25(30-27(29-24)31-38(35,36)23-17-28-33(4)18-23)37-22-10-6-9-21(15-22)34-13-11-32(3)12-14-34/h5-10,15-18H,11-14H2,1-4H3,(H,29,30,31). The summed E-state index contributed by atoms with van der Waals surface area (Å²) in [6.07, 6.45) is 2.69. The van der Waals surface area contributed by atoms with E-state index in [1.54, 1.807) is 13.1 Å². The molecular weight excluding hydrogens is 502 g/mol. The molecule has 1 N–H and O–H groups in total. The Balaban J connectivity index is 1.51. The van der Waals surface area contributed by atoms with Crippen LogP contribution >= 0.6 is 0 Å². The second kappa shape index (κ2) is 10.4. The molecule has 0 unspecified atom stereocenters. The molecule has 198 valence electrons. The van der Waals surface area contributed by atoms with Gasteiger partial charge in [-0.2, -0.15) is 10.1 Å². The maximum absolute atomic E-state index is 13.0. The van der Waals surface area contributed by atoms with Crippen molar-refractivity contribution in [1.82, 2.24) is 24.6 Å². The van der Waals surface area contributed by atoms with Gasteiger partial charge in [0, 0.05) is 62.8 Å². The highest BCUT2D eigenvalue weighted by atomic mass is 32.2. The lowest BCUT2D eigenvalue weighted by molar-refractivity contribution is 0.312. The minimum atomic E-state index is -3.95. The first-order valence-corrected chi connectivity index (χ1v) is 13.8. The second-order valence-electron chi connectivity index (χ2n) is 9.53. The molecule has 11 heteroatoms. The van der Waals surface area contributed by atoms with E-state index < -0.39 is 10.0 Å². The number of piperazine rings is 1. The number of rotatable bonds is 7. The van der Waals surface area contributed by atoms with Crippen molar-refractivity contribution in [3.63, 3.8) is 0 Å². The van der Waals surface area contributed by atoms with Gasteiger partial charge in [-0.15, -0.1) is 0 Å². The van der Waals surface area contributed by atoms with E-state index in [2.05, 4.69) is 42.7 Å². The van der Waals surface area contributed by atoms with Crippen molar-refractivity contribution < 1.29 is 13.2 Å². The van der Waals surface area contributed by atoms with Crippen molar-refractivity contribution in [2.24, 2.45) is 7.05 Å². The second-order valence-corrected chi connectivity index (χ2v) is 11.2. The topological polar surface area (TPSA) is 105 Å². The van der Waals surface area contributed by atoms with E-state index in [9.17, 15) is 8.42 Å². The number of hydrogen-bond acceptors (Lipinski definition) is 8. The number of nitrogens with zero attached hydrogens (tertiary/aromatic N) is 6. The van der Waals surface area contributed by atoms with Gasteiger partial charge in [0.1, 0.15) is 10.6 Å². The van der Waals surface area contributed by atoms with Crippen molar-refractivity contribution in [2.45, 2.75) is 18.7 Å². The van der Waals surface area contributed by atoms with Crippen molar-refractivity contribution in [2.75, 3.05) is 42.8 Å². The van der Waals surface area contributed by atoms with Crippen LogP contribution in [0.2, 0.25) is 0 Å². The van der Waals surface area contributed by atoms with Gasteiger partial charge >= 0.3 is 0 Å². The average molecular weight is 534 g/mol. The van der Waals surface area contributed by atoms with Crippen LogP contribution in [0.5, 0.6) is 11.6 Å². The van der Waals surface area contributed by atoms with Gasteiger partial charge in [-0.3, -0.25) is 4.68 Å². The van der Waals surface area contributed by atoms with Crippen LogP contribution in [0.1, 0.15) is 11.1 Å². The lowest BCUT2D eigenvalue weighted by Crippen LogP contribution is -2.44. The molecule has 1 aliphatic rings. The molecule has 1 aliphatic heterocycles. The molecule has 2 aromatic carbocycles. The number of ether oxygens (including phenoxy) is 1. The van der Waals surface area contributed by atoms with Crippen molar-refractivity contribution in [1.29, 1.82) is 0 Å². The fourth-order valence-corrected chi connectivity index (χ4v) is 5.44. The SMILES string of the molecule is Cc1cccc(C)c1-c1cc(Oc2cccc(N3CCN(C)CC3)c2)nc(NS(=O)(=O)c2cnn(C)c2)n1. The Kier molecular flexibility index (Phi) is 7.04. The Morgan fingerprint density at radius 2 is 1.63 bits per heavy atom. The summed E-state index contributed by atoms with van der Waals surface area (Å²) < 4.78 is 36.1. The quantitative estimate of drug-likeness (QED) is 0.382. The van der Waals surface area contributed by atoms with E-state index in [4.69, 9.17) is 4.74 Å². The zero-order valence-corrected chi connectivity index (χ0v) is 22.7. The summed E-state index contributed by atoms with van der Waals surface area (Å²) in [7, 11) is -0.175. The predicted octanol–water partition coefficient (Wildman–Crippen LogP) is 3.84. The third-order valence-corrected chi connectivity index (χ3v) is 7.85. The van der Waals surface area contributed by atoms with E-state index in [0.717, 1.165) is 48.6 Å². The molecule has 0 radical (unpaired) electrons. The number of aryl methyl sites for hydroxylation is 3. The first-order valence-electron chi connectivity index (χ1n) is 12.4. The number of likely N-dealkylation sites (N-methyl/N-ethyl adjacent to an activating group) is 1. The lowest BCUT2D eigenvalue weighted by Gasteiger charge is -2.34. The molecular formula is C27H31N7O3S. The van der Waals surface area contributed by atoms with Crippen LogP contribution in [0.15, 0.2) is 65.8 Å². The smallest absolute Gasteiger partial charge is 0.267 e. The van der Waals surface area contributed by atoms with Gasteiger partial charge in [0.05, 0.1) is 11.9 Å². The highest BCUT2D eigenvalue weighted by Crippen LogP contribution is 2.32. The monoisotopic (exact) mass is 533 g/mol. The summed E-state index contributed by atoms with van der Waals surface area (Å²) in [6.45, 7) is 7.84. The Morgan fingerprint density at radius 1 is 0.921 bits per heavy atom. The number of nitrogens with one attached hydrogen (secondary N) is 1. The zero-order chi connectivity index (χ0) is 26.9. The van der Waals surface area contributed by atoms with Crippen molar-refractivity contribution in [3.8, 4) is 22.9 Å². The Morgan fingerprint density at radius 3 is 2.32 bits per heavy atom. The fourth-order valence-electron chi connectivity index (χ4n) is 4.52. The molecule has 1 saturated heterocycles. The minimum Gasteiger partial charge on any atom is -0.439 e. The van der Waals surface area contributed by atoms with Crippen LogP contribution in [-0.4, -0.2) is 66.3 Å². The highest BCUT2D eigenvalue weighted by Gasteiger charge is 2.21. The van der Waals surface area contributed by atoms with Crippen molar-refractivity contribution in [3.05, 3.63) is 72.1 Å². The maximum Gasteiger partial charge on any atom is 0.267 e. The summed E-state index contributed by atoms with van der Waals surface area (Å²) >= 11 is 0. The average Bonchev–Trinajstić information content (AvgIpc) is 3.32. The number of sulfonamides is 1. The van der Waals surface area contributed by atoms with Crippen molar-refractivity contribution >= 4 is 21.7 Å².